The summed E-state index contributed by atoms with van der Waals surface area (Å²) in [7, 11) is 1.60. The summed E-state index contributed by atoms with van der Waals surface area (Å²) >= 11 is 6.07. The summed E-state index contributed by atoms with van der Waals surface area (Å²) in [6.45, 7) is 2.63. The number of carbonyl (C=O) groups excluding carboxylic acids is 1. The second-order valence-corrected chi connectivity index (χ2v) is 8.61. The zero-order valence-corrected chi connectivity index (χ0v) is 19.9. The number of halogens is 1. The average molecular weight is 476 g/mol. The van der Waals surface area contributed by atoms with Crippen LogP contribution in [0.4, 0.5) is 10.5 Å². The highest BCUT2D eigenvalue weighted by Crippen LogP contribution is 2.20. The van der Waals surface area contributed by atoms with Crippen LogP contribution in [-0.2, 0) is 13.0 Å². The van der Waals surface area contributed by atoms with E-state index < -0.39 is 0 Å². The number of H-pyrrole nitrogens is 1. The molecule has 0 bridgehead atoms. The van der Waals surface area contributed by atoms with Gasteiger partial charge in [0, 0.05) is 33.7 Å². The van der Waals surface area contributed by atoms with Crippen LogP contribution in [0.1, 0.15) is 16.7 Å². The summed E-state index contributed by atoms with van der Waals surface area (Å²) in [5.41, 5.74) is 3.85. The number of methoxy groups -OCH3 is 1. The number of anilines is 1. The molecule has 174 valence electrons. The molecule has 0 fully saturated rings. The van der Waals surface area contributed by atoms with Crippen LogP contribution in [0.25, 0.3) is 10.9 Å². The first kappa shape index (κ1) is 23.4. The van der Waals surface area contributed by atoms with Crippen molar-refractivity contribution in [1.29, 1.82) is 0 Å². The van der Waals surface area contributed by atoms with Crippen molar-refractivity contribution in [2.24, 2.45) is 0 Å². The van der Waals surface area contributed by atoms with Crippen LogP contribution in [0.5, 0.6) is 5.75 Å². The van der Waals surface area contributed by atoms with Crippen molar-refractivity contribution in [3.8, 4) is 5.75 Å². The van der Waals surface area contributed by atoms with E-state index in [4.69, 9.17) is 16.3 Å². The van der Waals surface area contributed by atoms with Crippen LogP contribution in [-0.4, -0.2) is 29.6 Å². The van der Waals surface area contributed by atoms with E-state index in [1.54, 1.807) is 48.4 Å². The summed E-state index contributed by atoms with van der Waals surface area (Å²) in [5.74, 6) is 0.695. The lowest BCUT2D eigenvalue weighted by Crippen LogP contribution is -2.37. The van der Waals surface area contributed by atoms with Gasteiger partial charge in [0.1, 0.15) is 5.75 Å². The number of nitrogens with one attached hydrogen (secondary N) is 2. The Morgan fingerprint density at radius 1 is 1.06 bits per heavy atom. The third-order valence-corrected chi connectivity index (χ3v) is 5.84. The van der Waals surface area contributed by atoms with E-state index in [1.165, 1.54) is 0 Å². The van der Waals surface area contributed by atoms with Gasteiger partial charge in [0.25, 0.3) is 5.56 Å². The van der Waals surface area contributed by atoms with E-state index in [2.05, 4.69) is 16.4 Å². The van der Waals surface area contributed by atoms with Crippen LogP contribution >= 0.6 is 11.6 Å². The largest absolute Gasteiger partial charge is 0.497 e. The Hall–Kier alpha value is -3.77. The molecule has 0 saturated heterocycles. The Balaban J connectivity index is 1.61. The molecule has 6 nitrogen and oxygen atoms in total. The second-order valence-electron chi connectivity index (χ2n) is 8.18. The lowest BCUT2D eigenvalue weighted by atomic mass is 10.1. The maximum Gasteiger partial charge on any atom is 0.322 e. The molecule has 2 N–H and O–H groups in total. The van der Waals surface area contributed by atoms with Gasteiger partial charge in [-0.05, 0) is 61.4 Å². The van der Waals surface area contributed by atoms with Crippen LogP contribution < -0.4 is 15.6 Å². The molecule has 34 heavy (non-hydrogen) atoms. The Kier molecular flexibility index (Phi) is 7.18. The minimum atomic E-state index is -0.306. The van der Waals surface area contributed by atoms with Crippen molar-refractivity contribution in [3.05, 3.63) is 105 Å². The Bertz CT molecular complexity index is 1380. The van der Waals surface area contributed by atoms with Crippen LogP contribution in [0.3, 0.4) is 0 Å². The number of amides is 2. The lowest BCUT2D eigenvalue weighted by molar-refractivity contribution is 0.209. The standard InChI is InChI=1S/C27H26ClN3O3/c1-18-5-3-6-19(13-18)11-12-31(27(33)29-23-8-4-7-22(28)16-23)17-21-14-20-15-24(34-2)9-10-25(20)30-26(21)32/h3-10,13-16H,11-12,17H2,1-2H3,(H,29,33)(H,30,32). The van der Waals surface area contributed by atoms with Crippen LogP contribution in [0, 0.1) is 6.92 Å². The summed E-state index contributed by atoms with van der Waals surface area (Å²) < 4.78 is 5.31. The number of hydrogen-bond donors (Lipinski definition) is 2. The van der Waals surface area contributed by atoms with Gasteiger partial charge in [0.05, 0.1) is 13.7 Å². The van der Waals surface area contributed by atoms with E-state index in [1.807, 2.05) is 37.3 Å². The maximum atomic E-state index is 13.2. The molecule has 0 aliphatic carbocycles. The van der Waals surface area contributed by atoms with Gasteiger partial charge < -0.3 is 19.9 Å². The van der Waals surface area contributed by atoms with Gasteiger partial charge in [-0.2, -0.15) is 0 Å². The summed E-state index contributed by atoms with van der Waals surface area (Å²) in [6, 6.07) is 22.1. The fourth-order valence-corrected chi connectivity index (χ4v) is 4.02. The molecular weight excluding hydrogens is 450 g/mol. The Labute approximate surface area is 203 Å². The highest BCUT2D eigenvalue weighted by molar-refractivity contribution is 6.30. The lowest BCUT2D eigenvalue weighted by Gasteiger charge is -2.23. The number of carbonyl (C=O) groups is 1. The van der Waals surface area contributed by atoms with Gasteiger partial charge in [-0.3, -0.25) is 4.79 Å². The molecule has 1 heterocycles. The number of rotatable bonds is 7. The van der Waals surface area contributed by atoms with E-state index in [0.717, 1.165) is 16.5 Å². The number of urea groups is 1. The van der Waals surface area contributed by atoms with Gasteiger partial charge in [-0.15, -0.1) is 0 Å². The maximum absolute atomic E-state index is 13.2. The third-order valence-electron chi connectivity index (χ3n) is 5.61. The van der Waals surface area contributed by atoms with Crippen molar-refractivity contribution in [2.45, 2.75) is 19.9 Å². The molecule has 3 aromatic carbocycles. The molecule has 0 atom stereocenters. The van der Waals surface area contributed by atoms with Crippen molar-refractivity contribution >= 4 is 34.2 Å². The second kappa shape index (κ2) is 10.4. The predicted octanol–water partition coefficient (Wildman–Crippen LogP) is 5.78. The molecule has 0 saturated carbocycles. The topological polar surface area (TPSA) is 74.4 Å². The Morgan fingerprint density at radius 2 is 1.88 bits per heavy atom. The van der Waals surface area contributed by atoms with Gasteiger partial charge >= 0.3 is 6.03 Å². The molecule has 0 unspecified atom stereocenters. The minimum Gasteiger partial charge on any atom is -0.497 e. The molecule has 4 aromatic rings. The number of pyridine rings is 1. The number of aryl methyl sites for hydroxylation is 1. The van der Waals surface area contributed by atoms with Gasteiger partial charge in [-0.25, -0.2) is 4.79 Å². The van der Waals surface area contributed by atoms with Crippen molar-refractivity contribution < 1.29 is 9.53 Å². The first-order valence-corrected chi connectivity index (χ1v) is 11.4. The highest BCUT2D eigenvalue weighted by atomic mass is 35.5. The number of hydrogen-bond acceptors (Lipinski definition) is 3. The number of nitrogens with zero attached hydrogens (tertiary/aromatic N) is 1. The first-order valence-electron chi connectivity index (χ1n) is 11.0. The van der Waals surface area contributed by atoms with E-state index in [9.17, 15) is 9.59 Å². The number of benzene rings is 3. The molecule has 4 rings (SSSR count). The van der Waals surface area contributed by atoms with Crippen molar-refractivity contribution in [3.63, 3.8) is 0 Å². The molecule has 7 heteroatoms. The number of aromatic amines is 1. The predicted molar refractivity (Wildman–Crippen MR) is 137 cm³/mol. The molecule has 0 aliphatic rings. The molecule has 0 radical (unpaired) electrons. The van der Waals surface area contributed by atoms with Crippen LogP contribution in [0.2, 0.25) is 5.02 Å². The summed E-state index contributed by atoms with van der Waals surface area (Å²) in [5, 5.41) is 4.26. The van der Waals surface area contributed by atoms with Gasteiger partial charge in [0.15, 0.2) is 0 Å². The van der Waals surface area contributed by atoms with Crippen molar-refractivity contribution in [2.75, 3.05) is 19.0 Å². The fraction of sp³-hybridized carbons (Fsp3) is 0.185. The molecule has 0 spiro atoms. The number of fused-ring (bicyclic) bond motifs is 1. The molecule has 0 aliphatic heterocycles. The highest BCUT2D eigenvalue weighted by Gasteiger charge is 2.17. The van der Waals surface area contributed by atoms with E-state index >= 15 is 0 Å². The smallest absolute Gasteiger partial charge is 0.322 e. The van der Waals surface area contributed by atoms with Crippen molar-refractivity contribution in [1.82, 2.24) is 9.88 Å². The first-order chi connectivity index (χ1) is 16.4. The number of ether oxygens (including phenoxy) is 1. The molecule has 1 aromatic heterocycles. The van der Waals surface area contributed by atoms with E-state index in [-0.39, 0.29) is 18.1 Å². The third kappa shape index (κ3) is 5.77. The fourth-order valence-electron chi connectivity index (χ4n) is 3.83. The normalized spacial score (nSPS) is 10.8. The molecule has 2 amide bonds. The number of aromatic nitrogens is 1. The summed E-state index contributed by atoms with van der Waals surface area (Å²) in [6.07, 6.45) is 0.657. The van der Waals surface area contributed by atoms with Gasteiger partial charge in [-0.1, -0.05) is 47.5 Å². The quantitative estimate of drug-likeness (QED) is 0.356. The van der Waals surface area contributed by atoms with E-state index in [0.29, 0.717) is 40.5 Å². The molecular formula is C27H26ClN3O3. The Morgan fingerprint density at radius 3 is 2.65 bits per heavy atom. The SMILES string of the molecule is COc1ccc2[nH]c(=O)c(CN(CCc3cccc(C)c3)C(=O)Nc3cccc(Cl)c3)cc2c1. The van der Waals surface area contributed by atoms with Gasteiger partial charge in [0.2, 0.25) is 0 Å². The monoisotopic (exact) mass is 475 g/mol. The van der Waals surface area contributed by atoms with Crippen LogP contribution in [0.15, 0.2) is 77.6 Å². The zero-order valence-electron chi connectivity index (χ0n) is 19.1. The average Bonchev–Trinajstić information content (AvgIpc) is 2.81. The zero-order chi connectivity index (χ0) is 24.1. The minimum absolute atomic E-state index is 0.153. The summed E-state index contributed by atoms with van der Waals surface area (Å²) in [4.78, 5) is 30.6.